The number of halogens is 1. The fourth-order valence-corrected chi connectivity index (χ4v) is 2.98. The summed E-state index contributed by atoms with van der Waals surface area (Å²) in [7, 11) is 0. The van der Waals surface area contributed by atoms with E-state index in [1.54, 1.807) is 17.5 Å². The van der Waals surface area contributed by atoms with Crippen molar-refractivity contribution >= 4 is 38.2 Å². The van der Waals surface area contributed by atoms with Gasteiger partial charge in [0.15, 0.2) is 5.13 Å². The van der Waals surface area contributed by atoms with Gasteiger partial charge in [-0.05, 0) is 53.5 Å². The van der Waals surface area contributed by atoms with Gasteiger partial charge in [0.25, 0.3) is 0 Å². The van der Waals surface area contributed by atoms with Gasteiger partial charge in [0, 0.05) is 21.6 Å². The van der Waals surface area contributed by atoms with Crippen LogP contribution in [0.3, 0.4) is 0 Å². The van der Waals surface area contributed by atoms with E-state index in [-0.39, 0.29) is 0 Å². The van der Waals surface area contributed by atoms with Gasteiger partial charge in [-0.1, -0.05) is 17.7 Å². The molecule has 0 aliphatic rings. The summed E-state index contributed by atoms with van der Waals surface area (Å²) in [6.07, 6.45) is 1.77. The predicted molar refractivity (Wildman–Crippen MR) is 92.2 cm³/mol. The summed E-state index contributed by atoms with van der Waals surface area (Å²) >= 11 is 4.96. The number of benzene rings is 1. The van der Waals surface area contributed by atoms with Crippen molar-refractivity contribution in [3.05, 3.63) is 57.5 Å². The molecule has 3 aromatic rings. The maximum Gasteiger partial charge on any atom is 0.188 e. The van der Waals surface area contributed by atoms with Crippen LogP contribution in [0.4, 0.5) is 10.9 Å². The molecule has 0 fully saturated rings. The van der Waals surface area contributed by atoms with E-state index in [1.807, 2.05) is 12.1 Å². The maximum absolute atomic E-state index is 4.66. The molecule has 0 unspecified atom stereocenters. The molecule has 0 radical (unpaired) electrons. The van der Waals surface area contributed by atoms with Crippen molar-refractivity contribution in [3.63, 3.8) is 0 Å². The molecule has 3 nitrogen and oxygen atoms in total. The largest absolute Gasteiger partial charge is 0.316 e. The molecular weight excluding hydrogens is 346 g/mol. The number of aromatic nitrogens is 2. The summed E-state index contributed by atoms with van der Waals surface area (Å²) in [5.74, 6) is 0.792. The van der Waals surface area contributed by atoms with E-state index in [1.165, 1.54) is 16.7 Å². The Morgan fingerprint density at radius 2 is 2.00 bits per heavy atom. The molecule has 21 heavy (non-hydrogen) atoms. The Morgan fingerprint density at radius 1 is 1.14 bits per heavy atom. The third-order valence-corrected chi connectivity index (χ3v) is 4.36. The van der Waals surface area contributed by atoms with Crippen LogP contribution in [0.5, 0.6) is 0 Å². The second kappa shape index (κ2) is 5.95. The van der Waals surface area contributed by atoms with Crippen molar-refractivity contribution in [1.29, 1.82) is 0 Å². The molecule has 0 amide bonds. The molecule has 2 aromatic heterocycles. The molecule has 0 aliphatic carbocycles. The van der Waals surface area contributed by atoms with Crippen LogP contribution in [0.25, 0.3) is 11.3 Å². The van der Waals surface area contributed by atoms with Crippen LogP contribution in [-0.2, 0) is 0 Å². The van der Waals surface area contributed by atoms with Crippen molar-refractivity contribution in [3.8, 4) is 11.3 Å². The molecule has 0 saturated carbocycles. The van der Waals surface area contributed by atoms with Gasteiger partial charge in [-0.3, -0.25) is 0 Å². The molecule has 106 valence electrons. The average Bonchev–Trinajstić information content (AvgIpc) is 2.92. The Kier molecular flexibility index (Phi) is 4.03. The first-order chi connectivity index (χ1) is 10.1. The van der Waals surface area contributed by atoms with Crippen molar-refractivity contribution < 1.29 is 0 Å². The highest BCUT2D eigenvalue weighted by Gasteiger charge is 2.08. The molecule has 0 atom stereocenters. The normalized spacial score (nSPS) is 10.6. The lowest BCUT2D eigenvalue weighted by molar-refractivity contribution is 1.27. The van der Waals surface area contributed by atoms with Crippen LogP contribution in [-0.4, -0.2) is 9.97 Å². The minimum atomic E-state index is 0.792. The van der Waals surface area contributed by atoms with Crippen molar-refractivity contribution in [2.24, 2.45) is 0 Å². The second-order valence-corrected chi connectivity index (χ2v) is 6.62. The third-order valence-electron chi connectivity index (χ3n) is 3.14. The zero-order chi connectivity index (χ0) is 14.8. The highest BCUT2D eigenvalue weighted by atomic mass is 79.9. The smallest absolute Gasteiger partial charge is 0.188 e. The lowest BCUT2D eigenvalue weighted by Crippen LogP contribution is -1.92. The van der Waals surface area contributed by atoms with E-state index in [2.05, 4.69) is 68.6 Å². The van der Waals surface area contributed by atoms with Crippen LogP contribution >= 0.6 is 27.3 Å². The lowest BCUT2D eigenvalue weighted by atomic mass is 10.0. The molecule has 0 bridgehead atoms. The first-order valence-electron chi connectivity index (χ1n) is 6.53. The molecule has 3 rings (SSSR count). The number of nitrogens with zero attached hydrogens (tertiary/aromatic N) is 2. The Labute approximate surface area is 136 Å². The molecule has 2 heterocycles. The fraction of sp³-hybridized carbons (Fsp3) is 0.125. The number of nitrogens with one attached hydrogen (secondary N) is 1. The van der Waals surface area contributed by atoms with E-state index in [9.17, 15) is 0 Å². The molecule has 1 aromatic carbocycles. The minimum absolute atomic E-state index is 0.792. The SMILES string of the molecule is Cc1ccc(C)c(-c2csc(Nc3ccc(Br)cn3)n2)c1. The molecule has 1 N–H and O–H groups in total. The standard InChI is InChI=1S/C16H14BrN3S/c1-10-3-4-11(2)13(7-10)14-9-21-16(19-14)20-15-6-5-12(17)8-18-15/h3-9H,1-2H3,(H,18,19,20). The lowest BCUT2D eigenvalue weighted by Gasteiger charge is -2.04. The van der Waals surface area contributed by atoms with Crippen molar-refractivity contribution in [2.45, 2.75) is 13.8 Å². The zero-order valence-corrected chi connectivity index (χ0v) is 14.1. The Balaban J connectivity index is 1.86. The Hall–Kier alpha value is -1.72. The molecule has 0 aliphatic heterocycles. The number of pyridine rings is 1. The molecule has 0 spiro atoms. The summed E-state index contributed by atoms with van der Waals surface area (Å²) in [5.41, 5.74) is 4.66. The van der Waals surface area contributed by atoms with Crippen LogP contribution < -0.4 is 5.32 Å². The average molecular weight is 360 g/mol. The van der Waals surface area contributed by atoms with E-state index in [0.717, 1.165) is 21.1 Å². The summed E-state index contributed by atoms with van der Waals surface area (Å²) in [5, 5.41) is 6.15. The fourth-order valence-electron chi connectivity index (χ4n) is 2.03. The second-order valence-electron chi connectivity index (χ2n) is 4.84. The number of hydrogen-bond acceptors (Lipinski definition) is 4. The van der Waals surface area contributed by atoms with E-state index >= 15 is 0 Å². The summed E-state index contributed by atoms with van der Waals surface area (Å²) in [6.45, 7) is 4.21. The maximum atomic E-state index is 4.66. The van der Waals surface area contributed by atoms with Crippen molar-refractivity contribution in [1.82, 2.24) is 9.97 Å². The van der Waals surface area contributed by atoms with Gasteiger partial charge in [-0.25, -0.2) is 9.97 Å². The minimum Gasteiger partial charge on any atom is -0.316 e. The van der Waals surface area contributed by atoms with Gasteiger partial charge in [0.05, 0.1) is 5.69 Å². The zero-order valence-electron chi connectivity index (χ0n) is 11.7. The van der Waals surface area contributed by atoms with Crippen LogP contribution in [0.2, 0.25) is 0 Å². The summed E-state index contributed by atoms with van der Waals surface area (Å²) in [4.78, 5) is 8.95. The van der Waals surface area contributed by atoms with E-state index in [4.69, 9.17) is 0 Å². The number of rotatable bonds is 3. The highest BCUT2D eigenvalue weighted by Crippen LogP contribution is 2.29. The number of anilines is 2. The van der Waals surface area contributed by atoms with Crippen LogP contribution in [0.15, 0.2) is 46.4 Å². The predicted octanol–water partition coefficient (Wildman–Crippen LogP) is 5.33. The van der Waals surface area contributed by atoms with Crippen LogP contribution in [0, 0.1) is 13.8 Å². The monoisotopic (exact) mass is 359 g/mol. The van der Waals surface area contributed by atoms with Gasteiger partial charge in [-0.15, -0.1) is 11.3 Å². The van der Waals surface area contributed by atoms with Crippen molar-refractivity contribution in [2.75, 3.05) is 5.32 Å². The van der Waals surface area contributed by atoms with Gasteiger partial charge in [-0.2, -0.15) is 0 Å². The Bertz CT molecular complexity index is 765. The molecule has 5 heteroatoms. The topological polar surface area (TPSA) is 37.8 Å². The number of hydrogen-bond donors (Lipinski definition) is 1. The summed E-state index contributed by atoms with van der Waals surface area (Å²) < 4.78 is 0.961. The van der Waals surface area contributed by atoms with E-state index in [0.29, 0.717) is 0 Å². The van der Waals surface area contributed by atoms with Gasteiger partial charge >= 0.3 is 0 Å². The first-order valence-corrected chi connectivity index (χ1v) is 8.21. The van der Waals surface area contributed by atoms with Gasteiger partial charge in [0.1, 0.15) is 5.82 Å². The summed E-state index contributed by atoms with van der Waals surface area (Å²) in [6, 6.07) is 10.3. The Morgan fingerprint density at radius 3 is 2.76 bits per heavy atom. The highest BCUT2D eigenvalue weighted by molar-refractivity contribution is 9.10. The third kappa shape index (κ3) is 3.31. The number of aryl methyl sites for hydroxylation is 2. The molecular formula is C16H14BrN3S. The van der Waals surface area contributed by atoms with Gasteiger partial charge in [0.2, 0.25) is 0 Å². The van der Waals surface area contributed by atoms with Crippen LogP contribution in [0.1, 0.15) is 11.1 Å². The number of thiazole rings is 1. The quantitative estimate of drug-likeness (QED) is 0.686. The van der Waals surface area contributed by atoms with Gasteiger partial charge < -0.3 is 5.32 Å². The van der Waals surface area contributed by atoms with E-state index < -0.39 is 0 Å². The first kappa shape index (κ1) is 14.2. The molecule has 0 saturated heterocycles.